The van der Waals surface area contributed by atoms with Crippen LogP contribution in [0.2, 0.25) is 0 Å². The monoisotopic (exact) mass is 237 g/mol. The largest absolute Gasteiger partial charge is 0.298 e. The Hall–Kier alpha value is -0.800. The molecule has 0 aromatic heterocycles. The molecule has 1 rings (SSSR count). The Morgan fingerprint density at radius 3 is 3.06 bits per heavy atom. The average molecular weight is 237 g/mol. The summed E-state index contributed by atoms with van der Waals surface area (Å²) in [5.41, 5.74) is 1.34. The van der Waals surface area contributed by atoms with Crippen molar-refractivity contribution in [2.75, 3.05) is 5.75 Å². The molecule has 1 aliphatic rings. The first kappa shape index (κ1) is 13.3. The quantitative estimate of drug-likeness (QED) is 0.545. The highest BCUT2D eigenvalue weighted by molar-refractivity contribution is 7.97. The van der Waals surface area contributed by atoms with Gasteiger partial charge in [0.25, 0.3) is 0 Å². The first-order chi connectivity index (χ1) is 7.74. The number of nitrogens with one attached hydrogen (secondary N) is 1. The van der Waals surface area contributed by atoms with Gasteiger partial charge in [-0.15, -0.1) is 6.58 Å². The van der Waals surface area contributed by atoms with Gasteiger partial charge in [-0.3, -0.25) is 9.52 Å². The van der Waals surface area contributed by atoms with Crippen molar-refractivity contribution in [2.45, 2.75) is 32.2 Å². The zero-order valence-electron chi connectivity index (χ0n) is 9.74. The van der Waals surface area contributed by atoms with Gasteiger partial charge in [0.05, 0.1) is 6.04 Å². The van der Waals surface area contributed by atoms with Gasteiger partial charge in [0.2, 0.25) is 0 Å². The van der Waals surface area contributed by atoms with E-state index in [1.165, 1.54) is 5.57 Å². The topological polar surface area (TPSA) is 29.1 Å². The highest BCUT2D eigenvalue weighted by atomic mass is 32.2. The summed E-state index contributed by atoms with van der Waals surface area (Å²) in [5, 5.41) is 0. The van der Waals surface area contributed by atoms with Crippen LogP contribution >= 0.6 is 11.9 Å². The van der Waals surface area contributed by atoms with Gasteiger partial charge in [0.1, 0.15) is 5.78 Å². The Bertz CT molecular complexity index is 307. The summed E-state index contributed by atoms with van der Waals surface area (Å²) in [6.45, 7) is 5.27. The van der Waals surface area contributed by atoms with Crippen molar-refractivity contribution >= 4 is 17.7 Å². The maximum Gasteiger partial charge on any atom is 0.147 e. The van der Waals surface area contributed by atoms with Crippen molar-refractivity contribution in [3.05, 3.63) is 36.5 Å². The fraction of sp³-hybridized carbons (Fsp3) is 0.462. The van der Waals surface area contributed by atoms with Gasteiger partial charge in [-0.05, 0) is 31.8 Å². The van der Waals surface area contributed by atoms with Crippen LogP contribution in [-0.2, 0) is 4.79 Å². The molecule has 2 nitrogen and oxygen atoms in total. The summed E-state index contributed by atoms with van der Waals surface area (Å²) in [6, 6.07) is -0.101. The molecule has 3 heteroatoms. The van der Waals surface area contributed by atoms with Crippen molar-refractivity contribution in [1.82, 2.24) is 4.72 Å². The molecule has 0 spiro atoms. The minimum atomic E-state index is -0.101. The summed E-state index contributed by atoms with van der Waals surface area (Å²) < 4.78 is 3.19. The van der Waals surface area contributed by atoms with E-state index >= 15 is 0 Å². The van der Waals surface area contributed by atoms with Crippen LogP contribution in [0.4, 0.5) is 0 Å². The van der Waals surface area contributed by atoms with Crippen LogP contribution in [0.15, 0.2) is 36.5 Å². The number of hydrogen-bond acceptors (Lipinski definition) is 3. The van der Waals surface area contributed by atoms with Gasteiger partial charge in [-0.2, -0.15) is 0 Å². The zero-order valence-corrected chi connectivity index (χ0v) is 10.6. The van der Waals surface area contributed by atoms with E-state index in [1.807, 2.05) is 0 Å². The first-order valence-corrected chi connectivity index (χ1v) is 6.57. The van der Waals surface area contributed by atoms with Gasteiger partial charge in [-0.25, -0.2) is 0 Å². The zero-order chi connectivity index (χ0) is 11.8. The molecule has 0 radical (unpaired) electrons. The van der Waals surface area contributed by atoms with Crippen molar-refractivity contribution in [3.8, 4) is 0 Å². The molecule has 0 bridgehead atoms. The lowest BCUT2D eigenvalue weighted by molar-refractivity contribution is -0.118. The lowest BCUT2D eigenvalue weighted by Gasteiger charge is -2.13. The highest BCUT2D eigenvalue weighted by Crippen LogP contribution is 2.14. The number of carbonyl (C=O) groups is 1. The summed E-state index contributed by atoms with van der Waals surface area (Å²) in [5.74, 6) is 1.08. The number of rotatable bonds is 7. The van der Waals surface area contributed by atoms with Crippen LogP contribution in [-0.4, -0.2) is 17.6 Å². The Morgan fingerprint density at radius 1 is 1.69 bits per heavy atom. The third-order valence-corrected chi connectivity index (χ3v) is 3.36. The predicted molar refractivity (Wildman–Crippen MR) is 71.3 cm³/mol. The third-order valence-electron chi connectivity index (χ3n) is 2.43. The smallest absolute Gasteiger partial charge is 0.147 e. The molecule has 16 heavy (non-hydrogen) atoms. The van der Waals surface area contributed by atoms with Gasteiger partial charge in [0.15, 0.2) is 0 Å². The fourth-order valence-corrected chi connectivity index (χ4v) is 2.39. The van der Waals surface area contributed by atoms with Crippen LogP contribution in [0.3, 0.4) is 0 Å². The normalized spacial score (nSPS) is 16.7. The SMILES string of the molecule is C=CCC(NSCC1=CCCC=C1)C(C)=O. The molecule has 1 N–H and O–H groups in total. The maximum atomic E-state index is 11.3. The molecule has 1 aliphatic carbocycles. The maximum absolute atomic E-state index is 11.3. The minimum Gasteiger partial charge on any atom is -0.298 e. The average Bonchev–Trinajstić information content (AvgIpc) is 2.29. The van der Waals surface area contributed by atoms with Gasteiger partial charge < -0.3 is 0 Å². The van der Waals surface area contributed by atoms with Crippen LogP contribution in [0.1, 0.15) is 26.2 Å². The molecule has 0 saturated heterocycles. The van der Waals surface area contributed by atoms with Gasteiger partial charge in [0, 0.05) is 5.75 Å². The number of allylic oxidation sites excluding steroid dienone is 3. The van der Waals surface area contributed by atoms with Crippen molar-refractivity contribution in [2.24, 2.45) is 0 Å². The van der Waals surface area contributed by atoms with Crippen molar-refractivity contribution < 1.29 is 4.79 Å². The first-order valence-electron chi connectivity index (χ1n) is 5.58. The summed E-state index contributed by atoms with van der Waals surface area (Å²) in [4.78, 5) is 11.3. The van der Waals surface area contributed by atoms with Crippen LogP contribution in [0.25, 0.3) is 0 Å². The highest BCUT2D eigenvalue weighted by Gasteiger charge is 2.11. The van der Waals surface area contributed by atoms with Crippen molar-refractivity contribution in [3.63, 3.8) is 0 Å². The number of Topliss-reactive ketones (excluding diaryl/α,β-unsaturated/α-hetero) is 1. The van der Waals surface area contributed by atoms with E-state index in [0.29, 0.717) is 6.42 Å². The van der Waals surface area contributed by atoms with E-state index in [1.54, 1.807) is 24.9 Å². The lowest BCUT2D eigenvalue weighted by atomic mass is 10.1. The minimum absolute atomic E-state index is 0.101. The van der Waals surface area contributed by atoms with E-state index in [2.05, 4.69) is 29.5 Å². The molecule has 0 amide bonds. The lowest BCUT2D eigenvalue weighted by Crippen LogP contribution is -2.30. The summed E-state index contributed by atoms with van der Waals surface area (Å²) in [6.07, 6.45) is 11.4. The van der Waals surface area contributed by atoms with E-state index < -0.39 is 0 Å². The van der Waals surface area contributed by atoms with Crippen LogP contribution in [0.5, 0.6) is 0 Å². The molecular formula is C13H19NOS. The molecule has 0 fully saturated rings. The van der Waals surface area contributed by atoms with E-state index in [0.717, 1.165) is 18.6 Å². The van der Waals surface area contributed by atoms with E-state index in [9.17, 15) is 4.79 Å². The Labute approximate surface area is 102 Å². The Balaban J connectivity index is 2.27. The standard InChI is InChI=1S/C13H19NOS/c1-3-7-13(11(2)15)14-16-10-12-8-5-4-6-9-12/h3,5,8-9,13-14H,1,4,6-7,10H2,2H3. The molecule has 1 atom stereocenters. The van der Waals surface area contributed by atoms with Crippen LogP contribution < -0.4 is 4.72 Å². The molecule has 0 aromatic carbocycles. The second-order valence-corrected chi connectivity index (χ2v) is 4.67. The van der Waals surface area contributed by atoms with E-state index in [-0.39, 0.29) is 11.8 Å². The fourth-order valence-electron chi connectivity index (χ4n) is 1.46. The number of ketones is 1. The molecular weight excluding hydrogens is 218 g/mol. The molecule has 0 aliphatic heterocycles. The van der Waals surface area contributed by atoms with E-state index in [4.69, 9.17) is 0 Å². The molecule has 0 saturated carbocycles. The Morgan fingerprint density at radius 2 is 2.50 bits per heavy atom. The molecule has 0 aromatic rings. The van der Waals surface area contributed by atoms with Gasteiger partial charge >= 0.3 is 0 Å². The van der Waals surface area contributed by atoms with Crippen LogP contribution in [0, 0.1) is 0 Å². The second kappa shape index (κ2) is 7.47. The number of carbonyl (C=O) groups excluding carboxylic acids is 1. The molecule has 1 unspecified atom stereocenters. The third kappa shape index (κ3) is 4.81. The van der Waals surface area contributed by atoms with Crippen molar-refractivity contribution in [1.29, 1.82) is 0 Å². The summed E-state index contributed by atoms with van der Waals surface area (Å²) in [7, 11) is 0. The molecule has 0 heterocycles. The summed E-state index contributed by atoms with van der Waals surface area (Å²) >= 11 is 1.60. The Kier molecular flexibility index (Phi) is 6.19. The predicted octanol–water partition coefficient (Wildman–Crippen LogP) is 3.03. The molecule has 88 valence electrons. The number of hydrogen-bond donors (Lipinski definition) is 1. The van der Waals surface area contributed by atoms with Gasteiger partial charge in [-0.1, -0.05) is 36.3 Å². The second-order valence-electron chi connectivity index (χ2n) is 3.85.